The first-order valence-electron chi connectivity index (χ1n) is 7.21. The minimum Gasteiger partial charge on any atom is -0.396 e. The fourth-order valence-electron chi connectivity index (χ4n) is 2.71. The highest BCUT2D eigenvalue weighted by Gasteiger charge is 2.23. The minimum absolute atomic E-state index is 0.0655. The summed E-state index contributed by atoms with van der Waals surface area (Å²) in [4.78, 5) is 13.0. The van der Waals surface area contributed by atoms with Crippen molar-refractivity contribution in [2.24, 2.45) is 0 Å². The fourth-order valence-corrected chi connectivity index (χ4v) is 3.79. The molecule has 110 valence electrons. The average molecular weight is 301 g/mol. The fraction of sp³-hybridized carbons (Fsp3) is 0.312. The van der Waals surface area contributed by atoms with Gasteiger partial charge in [-0.3, -0.25) is 4.79 Å². The van der Waals surface area contributed by atoms with Crippen LogP contribution in [0.2, 0.25) is 0 Å². The number of nitrogens with one attached hydrogen (secondary N) is 1. The summed E-state index contributed by atoms with van der Waals surface area (Å²) < 4.78 is 0. The molecule has 1 aliphatic rings. The van der Waals surface area contributed by atoms with E-state index in [2.05, 4.69) is 5.32 Å². The van der Waals surface area contributed by atoms with E-state index in [1.165, 1.54) is 24.2 Å². The molecule has 5 heteroatoms. The number of thiophene rings is 1. The lowest BCUT2D eigenvalue weighted by Gasteiger charge is -2.11. The first-order valence-corrected chi connectivity index (χ1v) is 8.02. The highest BCUT2D eigenvalue weighted by molar-refractivity contribution is 7.19. The van der Waals surface area contributed by atoms with E-state index in [1.54, 1.807) is 12.1 Å². The predicted octanol–water partition coefficient (Wildman–Crippen LogP) is 3.50. The number of nitrogen functional groups attached to an aromatic ring is 2. The van der Waals surface area contributed by atoms with Gasteiger partial charge in [0.05, 0.1) is 11.4 Å². The Morgan fingerprint density at radius 1 is 1.10 bits per heavy atom. The largest absolute Gasteiger partial charge is 0.396 e. The van der Waals surface area contributed by atoms with Crippen molar-refractivity contribution in [1.29, 1.82) is 0 Å². The molecule has 1 aromatic carbocycles. The maximum absolute atomic E-state index is 12.5. The van der Waals surface area contributed by atoms with Gasteiger partial charge in [0.15, 0.2) is 0 Å². The second-order valence-corrected chi connectivity index (χ2v) is 6.43. The van der Waals surface area contributed by atoms with Crippen LogP contribution in [-0.2, 0) is 0 Å². The number of anilines is 3. The van der Waals surface area contributed by atoms with Crippen molar-refractivity contribution >= 4 is 33.5 Å². The van der Waals surface area contributed by atoms with Crippen molar-refractivity contribution in [2.75, 3.05) is 16.8 Å². The number of rotatable bonds is 4. The van der Waals surface area contributed by atoms with Crippen molar-refractivity contribution in [1.82, 2.24) is 0 Å². The zero-order chi connectivity index (χ0) is 14.8. The Morgan fingerprint density at radius 3 is 2.43 bits per heavy atom. The van der Waals surface area contributed by atoms with Crippen LogP contribution in [0.5, 0.6) is 0 Å². The molecular weight excluding hydrogens is 282 g/mol. The lowest BCUT2D eigenvalue weighted by molar-refractivity contribution is 0.104. The zero-order valence-corrected chi connectivity index (χ0v) is 12.6. The van der Waals surface area contributed by atoms with Gasteiger partial charge in [-0.25, -0.2) is 0 Å². The van der Waals surface area contributed by atoms with Crippen molar-refractivity contribution in [3.63, 3.8) is 0 Å². The molecule has 1 heterocycles. The van der Waals surface area contributed by atoms with Crippen LogP contribution < -0.4 is 16.8 Å². The third-order valence-corrected chi connectivity index (χ3v) is 5.07. The molecule has 3 rings (SSSR count). The molecule has 21 heavy (non-hydrogen) atoms. The molecule has 0 unspecified atom stereocenters. The van der Waals surface area contributed by atoms with Crippen LogP contribution in [-0.4, -0.2) is 11.8 Å². The van der Waals surface area contributed by atoms with E-state index >= 15 is 0 Å². The van der Waals surface area contributed by atoms with E-state index in [0.717, 1.165) is 17.8 Å². The normalized spacial score (nSPS) is 15.2. The van der Waals surface area contributed by atoms with Crippen LogP contribution in [0.4, 0.5) is 16.4 Å². The summed E-state index contributed by atoms with van der Waals surface area (Å²) in [5.41, 5.74) is 13.6. The van der Waals surface area contributed by atoms with Gasteiger partial charge in [0.25, 0.3) is 0 Å². The maximum atomic E-state index is 12.5. The molecule has 2 aromatic rings. The Bertz CT molecular complexity index is 645. The quantitative estimate of drug-likeness (QED) is 0.755. The van der Waals surface area contributed by atoms with Crippen LogP contribution in [0, 0.1) is 0 Å². The standard InChI is InChI=1S/C16H19N3OS/c17-12-13(18)16(19-11-8-4-5-9-11)21-15(12)14(20)10-6-2-1-3-7-10/h1-3,6-7,11,19H,4-5,8-9,17-18H2. The minimum atomic E-state index is -0.0655. The Hall–Kier alpha value is -2.01. The monoisotopic (exact) mass is 301 g/mol. The molecule has 4 nitrogen and oxygen atoms in total. The van der Waals surface area contributed by atoms with Gasteiger partial charge in [0, 0.05) is 11.6 Å². The van der Waals surface area contributed by atoms with E-state index in [4.69, 9.17) is 11.5 Å². The first-order chi connectivity index (χ1) is 10.2. The first kappa shape index (κ1) is 13.9. The van der Waals surface area contributed by atoms with Gasteiger partial charge >= 0.3 is 0 Å². The van der Waals surface area contributed by atoms with Crippen LogP contribution >= 0.6 is 11.3 Å². The number of ketones is 1. The summed E-state index contributed by atoms with van der Waals surface area (Å²) in [5.74, 6) is -0.0655. The Balaban J connectivity index is 1.87. The van der Waals surface area contributed by atoms with Gasteiger partial charge in [-0.2, -0.15) is 0 Å². The molecule has 0 aliphatic heterocycles. The Kier molecular flexibility index (Phi) is 3.84. The van der Waals surface area contributed by atoms with E-state index < -0.39 is 0 Å². The van der Waals surface area contributed by atoms with Crippen molar-refractivity contribution in [3.8, 4) is 0 Å². The highest BCUT2D eigenvalue weighted by atomic mass is 32.1. The molecular formula is C16H19N3OS. The van der Waals surface area contributed by atoms with Gasteiger partial charge in [0.2, 0.25) is 5.78 Å². The number of carbonyl (C=O) groups excluding carboxylic acids is 1. The second-order valence-electron chi connectivity index (χ2n) is 5.41. The van der Waals surface area contributed by atoms with E-state index in [9.17, 15) is 4.79 Å². The van der Waals surface area contributed by atoms with Crippen molar-refractivity contribution in [3.05, 3.63) is 40.8 Å². The summed E-state index contributed by atoms with van der Waals surface area (Å²) in [6.07, 6.45) is 4.79. The lowest BCUT2D eigenvalue weighted by atomic mass is 10.1. The molecule has 1 fully saturated rings. The molecule has 0 bridgehead atoms. The summed E-state index contributed by atoms with van der Waals surface area (Å²) in [7, 11) is 0. The number of benzene rings is 1. The molecule has 0 amide bonds. The number of hydrogen-bond acceptors (Lipinski definition) is 5. The van der Waals surface area contributed by atoms with Crippen LogP contribution in [0.3, 0.4) is 0 Å². The Morgan fingerprint density at radius 2 is 1.76 bits per heavy atom. The highest BCUT2D eigenvalue weighted by Crippen LogP contribution is 2.40. The summed E-state index contributed by atoms with van der Waals surface area (Å²) in [6, 6.07) is 9.61. The van der Waals surface area contributed by atoms with E-state index in [0.29, 0.717) is 27.9 Å². The third kappa shape index (κ3) is 2.74. The second kappa shape index (κ2) is 5.77. The molecule has 5 N–H and O–H groups in total. The van der Waals surface area contributed by atoms with E-state index in [1.807, 2.05) is 18.2 Å². The molecule has 1 saturated carbocycles. The SMILES string of the molecule is Nc1c(NC2CCCC2)sc(C(=O)c2ccccc2)c1N. The average Bonchev–Trinajstić information content (AvgIpc) is 3.11. The van der Waals surface area contributed by atoms with Crippen LogP contribution in [0.1, 0.15) is 40.9 Å². The number of carbonyl (C=O) groups is 1. The topological polar surface area (TPSA) is 81.1 Å². The smallest absolute Gasteiger partial charge is 0.205 e. The number of hydrogen-bond donors (Lipinski definition) is 3. The number of nitrogens with two attached hydrogens (primary N) is 2. The summed E-state index contributed by atoms with van der Waals surface area (Å²) in [6.45, 7) is 0. The third-order valence-electron chi connectivity index (χ3n) is 3.92. The molecule has 0 atom stereocenters. The lowest BCUT2D eigenvalue weighted by Crippen LogP contribution is -2.14. The van der Waals surface area contributed by atoms with Crippen LogP contribution in [0.15, 0.2) is 30.3 Å². The molecule has 0 spiro atoms. The van der Waals surface area contributed by atoms with Gasteiger partial charge < -0.3 is 16.8 Å². The molecule has 1 aromatic heterocycles. The van der Waals surface area contributed by atoms with E-state index in [-0.39, 0.29) is 5.78 Å². The van der Waals surface area contributed by atoms with Gasteiger partial charge in [0.1, 0.15) is 9.88 Å². The van der Waals surface area contributed by atoms with Gasteiger partial charge in [-0.1, -0.05) is 43.2 Å². The van der Waals surface area contributed by atoms with Crippen LogP contribution in [0.25, 0.3) is 0 Å². The summed E-state index contributed by atoms with van der Waals surface area (Å²) >= 11 is 1.37. The van der Waals surface area contributed by atoms with Gasteiger partial charge in [-0.15, -0.1) is 11.3 Å². The molecule has 1 aliphatic carbocycles. The Labute approximate surface area is 128 Å². The van der Waals surface area contributed by atoms with Crippen molar-refractivity contribution < 1.29 is 4.79 Å². The summed E-state index contributed by atoms with van der Waals surface area (Å²) in [5, 5.41) is 4.27. The van der Waals surface area contributed by atoms with Crippen molar-refractivity contribution in [2.45, 2.75) is 31.7 Å². The molecule has 0 radical (unpaired) electrons. The maximum Gasteiger partial charge on any atom is 0.205 e. The predicted molar refractivity (Wildman–Crippen MR) is 88.9 cm³/mol. The molecule has 0 saturated heterocycles. The zero-order valence-electron chi connectivity index (χ0n) is 11.8. The van der Waals surface area contributed by atoms with Gasteiger partial charge in [-0.05, 0) is 12.8 Å².